The maximum absolute atomic E-state index is 12.6. The van der Waals surface area contributed by atoms with Gasteiger partial charge in [0.2, 0.25) is 0 Å². The Hall–Kier alpha value is -2.83. The van der Waals surface area contributed by atoms with Gasteiger partial charge in [-0.05, 0) is 30.0 Å². The number of carbonyl (C=O) groups is 1. The molecule has 31 heavy (non-hydrogen) atoms. The normalized spacial score (nSPS) is 20.0. The Kier molecular flexibility index (Phi) is 5.66. The Morgan fingerprint density at radius 1 is 1.13 bits per heavy atom. The number of nitrogens with one attached hydrogen (secondary N) is 2. The molecule has 0 spiro atoms. The standard InChI is InChI=1S/C25H30N4O2/c30-20(14-26-25(31)29-13-10-19(15-29)18-6-2-1-3-7-18)16-28-12-11-22-21-8-4-5-9-23(21)27-24(22)17-28/h1-9,19-20,27,30H,10-17H2,(H,26,31). The topological polar surface area (TPSA) is 71.6 Å². The summed E-state index contributed by atoms with van der Waals surface area (Å²) in [6, 6.07) is 18.7. The lowest BCUT2D eigenvalue weighted by molar-refractivity contribution is 0.103. The Labute approximate surface area is 182 Å². The van der Waals surface area contributed by atoms with Crippen LogP contribution in [-0.4, -0.2) is 64.7 Å². The molecule has 2 aromatic carbocycles. The highest BCUT2D eigenvalue weighted by Crippen LogP contribution is 2.28. The predicted molar refractivity (Wildman–Crippen MR) is 122 cm³/mol. The van der Waals surface area contributed by atoms with E-state index >= 15 is 0 Å². The zero-order valence-electron chi connectivity index (χ0n) is 17.8. The molecule has 1 aromatic heterocycles. The third kappa shape index (κ3) is 4.31. The highest BCUT2D eigenvalue weighted by Gasteiger charge is 2.28. The number of rotatable bonds is 5. The number of para-hydroxylation sites is 1. The number of likely N-dealkylation sites (tertiary alicyclic amines) is 1. The average molecular weight is 419 g/mol. The van der Waals surface area contributed by atoms with Crippen LogP contribution < -0.4 is 5.32 Å². The number of amides is 2. The van der Waals surface area contributed by atoms with Crippen molar-refractivity contribution in [3.63, 3.8) is 0 Å². The molecular weight excluding hydrogens is 388 g/mol. The van der Waals surface area contributed by atoms with Crippen molar-refractivity contribution in [1.29, 1.82) is 0 Å². The number of aliphatic hydroxyl groups excluding tert-OH is 1. The summed E-state index contributed by atoms with van der Waals surface area (Å²) in [6.45, 7) is 4.06. The molecule has 0 saturated carbocycles. The Balaban J connectivity index is 1.10. The molecule has 0 aliphatic carbocycles. The zero-order valence-corrected chi connectivity index (χ0v) is 17.8. The minimum atomic E-state index is -0.581. The number of hydrogen-bond donors (Lipinski definition) is 3. The molecule has 1 fully saturated rings. The van der Waals surface area contributed by atoms with Gasteiger partial charge >= 0.3 is 6.03 Å². The Morgan fingerprint density at radius 3 is 2.81 bits per heavy atom. The van der Waals surface area contributed by atoms with Gasteiger partial charge < -0.3 is 20.3 Å². The van der Waals surface area contributed by atoms with Crippen LogP contribution in [0.25, 0.3) is 10.9 Å². The van der Waals surface area contributed by atoms with Crippen molar-refractivity contribution in [1.82, 2.24) is 20.1 Å². The number of urea groups is 1. The second kappa shape index (κ2) is 8.73. The van der Waals surface area contributed by atoms with Crippen molar-refractivity contribution in [3.05, 3.63) is 71.4 Å². The molecule has 0 bridgehead atoms. The number of benzene rings is 2. The molecule has 2 atom stereocenters. The van der Waals surface area contributed by atoms with E-state index in [9.17, 15) is 9.90 Å². The van der Waals surface area contributed by atoms with Crippen LogP contribution >= 0.6 is 0 Å². The SMILES string of the molecule is O=C(NCC(O)CN1CCc2c([nH]c3ccccc23)C1)N1CCC(c2ccccc2)C1. The van der Waals surface area contributed by atoms with Crippen molar-refractivity contribution >= 4 is 16.9 Å². The quantitative estimate of drug-likeness (QED) is 0.596. The van der Waals surface area contributed by atoms with E-state index in [1.807, 2.05) is 23.1 Å². The second-order valence-corrected chi connectivity index (χ2v) is 8.79. The van der Waals surface area contributed by atoms with Crippen LogP contribution in [0.5, 0.6) is 0 Å². The predicted octanol–water partition coefficient (Wildman–Crippen LogP) is 3.09. The van der Waals surface area contributed by atoms with Crippen LogP contribution in [0.2, 0.25) is 0 Å². The lowest BCUT2D eigenvalue weighted by atomic mass is 9.99. The minimum absolute atomic E-state index is 0.0750. The molecule has 6 nitrogen and oxygen atoms in total. The molecule has 2 amide bonds. The summed E-state index contributed by atoms with van der Waals surface area (Å²) >= 11 is 0. The summed E-state index contributed by atoms with van der Waals surface area (Å²) in [4.78, 5) is 20.2. The van der Waals surface area contributed by atoms with Crippen LogP contribution in [0.1, 0.15) is 29.2 Å². The van der Waals surface area contributed by atoms with Crippen LogP contribution in [0.15, 0.2) is 54.6 Å². The molecule has 2 aliphatic rings. The molecule has 2 unspecified atom stereocenters. The van der Waals surface area contributed by atoms with E-state index in [2.05, 4.69) is 51.6 Å². The van der Waals surface area contributed by atoms with Gasteiger partial charge in [0.05, 0.1) is 6.10 Å². The first-order valence-corrected chi connectivity index (χ1v) is 11.2. The molecule has 5 rings (SSSR count). The number of aromatic nitrogens is 1. The van der Waals surface area contributed by atoms with Gasteiger partial charge in [-0.3, -0.25) is 4.90 Å². The number of aliphatic hydroxyl groups is 1. The number of H-pyrrole nitrogens is 1. The maximum Gasteiger partial charge on any atom is 0.317 e. The fourth-order valence-electron chi connectivity index (χ4n) is 5.03. The van der Waals surface area contributed by atoms with Gasteiger partial charge in [0.15, 0.2) is 0 Å². The van der Waals surface area contributed by atoms with Gasteiger partial charge in [0.1, 0.15) is 0 Å². The number of β-amino-alcohol motifs (C(OH)–C–C–N with tert-alkyl or cyclic N) is 1. The summed E-state index contributed by atoms with van der Waals surface area (Å²) in [7, 11) is 0. The summed E-state index contributed by atoms with van der Waals surface area (Å²) in [5, 5.41) is 14.8. The van der Waals surface area contributed by atoms with Crippen molar-refractivity contribution in [2.75, 3.05) is 32.7 Å². The van der Waals surface area contributed by atoms with E-state index in [1.165, 1.54) is 27.7 Å². The highest BCUT2D eigenvalue weighted by molar-refractivity contribution is 5.84. The molecule has 162 valence electrons. The largest absolute Gasteiger partial charge is 0.390 e. The number of fused-ring (bicyclic) bond motifs is 3. The molecule has 2 aliphatic heterocycles. The van der Waals surface area contributed by atoms with Gasteiger partial charge in [0, 0.05) is 61.8 Å². The van der Waals surface area contributed by atoms with Crippen molar-refractivity contribution < 1.29 is 9.90 Å². The van der Waals surface area contributed by atoms with Gasteiger partial charge in [0.25, 0.3) is 0 Å². The highest BCUT2D eigenvalue weighted by atomic mass is 16.3. The van der Waals surface area contributed by atoms with E-state index in [0.717, 1.165) is 39.0 Å². The number of aromatic amines is 1. The van der Waals surface area contributed by atoms with Gasteiger partial charge in [-0.15, -0.1) is 0 Å². The first-order chi connectivity index (χ1) is 15.2. The fourth-order valence-corrected chi connectivity index (χ4v) is 5.03. The van der Waals surface area contributed by atoms with Crippen molar-refractivity contribution in [2.24, 2.45) is 0 Å². The lowest BCUT2D eigenvalue weighted by Crippen LogP contribution is -2.45. The molecule has 6 heteroatoms. The number of carbonyl (C=O) groups excluding carboxylic acids is 1. The minimum Gasteiger partial charge on any atom is -0.390 e. The third-order valence-electron chi connectivity index (χ3n) is 6.67. The number of hydrogen-bond acceptors (Lipinski definition) is 3. The van der Waals surface area contributed by atoms with Gasteiger partial charge in [-0.2, -0.15) is 0 Å². The number of nitrogens with zero attached hydrogens (tertiary/aromatic N) is 2. The fraction of sp³-hybridized carbons (Fsp3) is 0.400. The zero-order chi connectivity index (χ0) is 21.2. The lowest BCUT2D eigenvalue weighted by Gasteiger charge is -2.29. The monoisotopic (exact) mass is 418 g/mol. The molecule has 1 saturated heterocycles. The van der Waals surface area contributed by atoms with Gasteiger partial charge in [-0.25, -0.2) is 4.79 Å². The summed E-state index contributed by atoms with van der Waals surface area (Å²) in [6.07, 6.45) is 1.38. The van der Waals surface area contributed by atoms with E-state index in [4.69, 9.17) is 0 Å². The molecule has 0 radical (unpaired) electrons. The first-order valence-electron chi connectivity index (χ1n) is 11.2. The van der Waals surface area contributed by atoms with E-state index < -0.39 is 6.10 Å². The summed E-state index contributed by atoms with van der Waals surface area (Å²) in [5.74, 6) is 0.399. The van der Waals surface area contributed by atoms with Crippen LogP contribution in [0.3, 0.4) is 0 Å². The van der Waals surface area contributed by atoms with Crippen molar-refractivity contribution in [2.45, 2.75) is 31.4 Å². The van der Waals surface area contributed by atoms with E-state index in [0.29, 0.717) is 12.5 Å². The molecular formula is C25H30N4O2. The van der Waals surface area contributed by atoms with Crippen LogP contribution in [0.4, 0.5) is 4.79 Å². The van der Waals surface area contributed by atoms with E-state index in [-0.39, 0.29) is 12.6 Å². The van der Waals surface area contributed by atoms with Crippen LogP contribution in [-0.2, 0) is 13.0 Å². The third-order valence-corrected chi connectivity index (χ3v) is 6.67. The Morgan fingerprint density at radius 2 is 1.94 bits per heavy atom. The summed E-state index contributed by atoms with van der Waals surface area (Å²) < 4.78 is 0. The molecule has 3 aromatic rings. The first kappa shape index (κ1) is 20.1. The van der Waals surface area contributed by atoms with Crippen molar-refractivity contribution in [3.8, 4) is 0 Å². The van der Waals surface area contributed by atoms with Crippen LogP contribution in [0, 0.1) is 0 Å². The second-order valence-electron chi connectivity index (χ2n) is 8.79. The molecule has 3 N–H and O–H groups in total. The smallest absolute Gasteiger partial charge is 0.317 e. The molecule has 3 heterocycles. The van der Waals surface area contributed by atoms with E-state index in [1.54, 1.807) is 0 Å². The average Bonchev–Trinajstić information content (AvgIpc) is 3.43. The Bertz CT molecular complexity index is 1050. The maximum atomic E-state index is 12.6. The summed E-state index contributed by atoms with van der Waals surface area (Å²) in [5.41, 5.74) is 5.12. The van der Waals surface area contributed by atoms with Gasteiger partial charge in [-0.1, -0.05) is 48.5 Å².